The van der Waals surface area contributed by atoms with Crippen LogP contribution in [0.5, 0.6) is 0 Å². The maximum atomic E-state index is 9.62. The lowest BCUT2D eigenvalue weighted by molar-refractivity contribution is 0.497. The second kappa shape index (κ2) is 6.89. The molecule has 25 heavy (non-hydrogen) atoms. The number of rotatable bonds is 5. The molecular weight excluding hydrogens is 314 g/mol. The van der Waals surface area contributed by atoms with Crippen molar-refractivity contribution in [3.05, 3.63) is 52.8 Å². The van der Waals surface area contributed by atoms with Crippen LogP contribution in [0.2, 0.25) is 0 Å². The number of hydrogen-bond donors (Lipinski definition) is 2. The summed E-state index contributed by atoms with van der Waals surface area (Å²) < 4.78 is 5.83. The van der Waals surface area contributed by atoms with E-state index in [-0.39, 0.29) is 5.92 Å². The summed E-state index contributed by atoms with van der Waals surface area (Å²) in [6, 6.07) is 10.3. The normalized spacial score (nSPS) is 16.2. The number of nitrogens with two attached hydrogens (primary N) is 1. The number of anilines is 2. The van der Waals surface area contributed by atoms with E-state index in [1.54, 1.807) is 0 Å². The zero-order valence-electron chi connectivity index (χ0n) is 14.8. The number of fused-ring (bicyclic) bond motifs is 1. The van der Waals surface area contributed by atoms with E-state index in [2.05, 4.69) is 23.3 Å². The molecule has 1 aliphatic rings. The van der Waals surface area contributed by atoms with E-state index in [1.165, 1.54) is 0 Å². The molecule has 0 spiro atoms. The molecule has 130 valence electrons. The van der Waals surface area contributed by atoms with Gasteiger partial charge in [0.25, 0.3) is 0 Å². The molecule has 1 atom stereocenters. The summed E-state index contributed by atoms with van der Waals surface area (Å²) in [5.41, 5.74) is 9.34. The summed E-state index contributed by atoms with van der Waals surface area (Å²) in [6.07, 6.45) is 2.86. The largest absolute Gasteiger partial charge is 0.425 e. The minimum atomic E-state index is -0.309. The fourth-order valence-electron chi connectivity index (χ4n) is 2.99. The zero-order chi connectivity index (χ0) is 18.0. The Bertz CT molecular complexity index is 826. The average molecular weight is 337 g/mol. The predicted molar refractivity (Wildman–Crippen MR) is 98.2 cm³/mol. The van der Waals surface area contributed by atoms with Gasteiger partial charge in [-0.15, -0.1) is 0 Å². The molecule has 1 aromatic carbocycles. The number of aromatic nitrogens is 1. The van der Waals surface area contributed by atoms with E-state index in [0.717, 1.165) is 36.2 Å². The quantitative estimate of drug-likeness (QED) is 0.869. The summed E-state index contributed by atoms with van der Waals surface area (Å²) in [5.74, 6) is 1.25. The van der Waals surface area contributed by atoms with Gasteiger partial charge in [-0.05, 0) is 24.1 Å². The van der Waals surface area contributed by atoms with Gasteiger partial charge in [0.15, 0.2) is 5.89 Å². The van der Waals surface area contributed by atoms with Crippen molar-refractivity contribution in [1.29, 1.82) is 5.26 Å². The molecule has 1 unspecified atom stereocenters. The topological polar surface area (TPSA) is 91.1 Å². The Morgan fingerprint density at radius 2 is 2.04 bits per heavy atom. The van der Waals surface area contributed by atoms with Gasteiger partial charge in [0.2, 0.25) is 5.88 Å². The van der Waals surface area contributed by atoms with E-state index < -0.39 is 0 Å². The van der Waals surface area contributed by atoms with Gasteiger partial charge in [-0.25, -0.2) is 4.98 Å². The van der Waals surface area contributed by atoms with Gasteiger partial charge in [-0.1, -0.05) is 25.5 Å². The highest BCUT2D eigenvalue weighted by atomic mass is 16.4. The van der Waals surface area contributed by atoms with Crippen molar-refractivity contribution in [1.82, 2.24) is 4.98 Å². The zero-order valence-corrected chi connectivity index (χ0v) is 14.8. The van der Waals surface area contributed by atoms with Crippen LogP contribution in [-0.2, 0) is 6.42 Å². The molecule has 0 radical (unpaired) electrons. The molecule has 0 amide bonds. The Kier molecular flexibility index (Phi) is 4.66. The van der Waals surface area contributed by atoms with Crippen molar-refractivity contribution in [3.63, 3.8) is 0 Å². The van der Waals surface area contributed by atoms with E-state index in [1.807, 2.05) is 43.3 Å². The summed E-state index contributed by atoms with van der Waals surface area (Å²) in [4.78, 5) is 6.69. The Labute approximate surface area is 147 Å². The summed E-state index contributed by atoms with van der Waals surface area (Å²) in [6.45, 7) is 2.13. The Morgan fingerprint density at radius 1 is 1.32 bits per heavy atom. The number of hydrogen-bond acceptors (Lipinski definition) is 6. The third kappa shape index (κ3) is 3.18. The van der Waals surface area contributed by atoms with Crippen LogP contribution in [0.15, 0.2) is 40.1 Å². The standard InChI is InChI=1S/C19H23N5O/c1-4-5-6-15-22-17-16(12-7-9-13(10-8-12)24(2)3)14(11-20)18(21)23-19(17)25-15/h7-10,16,23H,4-6,21H2,1-3H3. The lowest BCUT2D eigenvalue weighted by Gasteiger charge is -2.23. The van der Waals surface area contributed by atoms with Crippen LogP contribution < -0.4 is 16.0 Å². The number of allylic oxidation sites excluding steroid dienone is 1. The average Bonchev–Trinajstić information content (AvgIpc) is 3.01. The van der Waals surface area contributed by atoms with E-state index >= 15 is 0 Å². The van der Waals surface area contributed by atoms with Crippen molar-refractivity contribution < 1.29 is 4.42 Å². The first-order valence-corrected chi connectivity index (χ1v) is 8.48. The first kappa shape index (κ1) is 16.9. The van der Waals surface area contributed by atoms with Gasteiger partial charge in [-0.2, -0.15) is 5.26 Å². The first-order valence-electron chi connectivity index (χ1n) is 8.48. The summed E-state index contributed by atoms with van der Waals surface area (Å²) in [7, 11) is 3.99. The van der Waals surface area contributed by atoms with Crippen LogP contribution in [0.4, 0.5) is 11.6 Å². The van der Waals surface area contributed by atoms with Crippen molar-refractivity contribution in [2.24, 2.45) is 5.73 Å². The van der Waals surface area contributed by atoms with Crippen molar-refractivity contribution in [2.45, 2.75) is 32.1 Å². The van der Waals surface area contributed by atoms with Gasteiger partial charge in [0.1, 0.15) is 11.5 Å². The highest BCUT2D eigenvalue weighted by Gasteiger charge is 2.33. The van der Waals surface area contributed by atoms with Gasteiger partial charge >= 0.3 is 0 Å². The Balaban J connectivity index is 2.04. The molecule has 2 aromatic rings. The van der Waals surface area contributed by atoms with Crippen LogP contribution in [-0.4, -0.2) is 19.1 Å². The fourth-order valence-corrected chi connectivity index (χ4v) is 2.99. The third-order valence-electron chi connectivity index (χ3n) is 4.41. The van der Waals surface area contributed by atoms with Crippen molar-refractivity contribution in [2.75, 3.05) is 24.3 Å². The van der Waals surface area contributed by atoms with Crippen LogP contribution in [0.25, 0.3) is 0 Å². The molecule has 3 rings (SSSR count). The fraction of sp³-hybridized carbons (Fsp3) is 0.368. The van der Waals surface area contributed by atoms with Crippen LogP contribution in [0, 0.1) is 11.3 Å². The molecule has 6 nitrogen and oxygen atoms in total. The smallest absolute Gasteiger partial charge is 0.223 e. The minimum Gasteiger partial charge on any atom is -0.425 e. The second-order valence-corrected chi connectivity index (χ2v) is 6.41. The molecule has 3 N–H and O–H groups in total. The van der Waals surface area contributed by atoms with Gasteiger partial charge in [0.05, 0.1) is 17.6 Å². The Hall–Kier alpha value is -2.94. The SMILES string of the molecule is CCCCc1nc2c(o1)NC(N)=C(C#N)C2c1ccc(N(C)C)cc1. The molecule has 0 saturated carbocycles. The van der Waals surface area contributed by atoms with Crippen molar-refractivity contribution >= 4 is 11.6 Å². The lowest BCUT2D eigenvalue weighted by Crippen LogP contribution is -2.22. The number of unbranched alkanes of at least 4 members (excludes halogenated alkanes) is 1. The molecular formula is C19H23N5O. The summed E-state index contributed by atoms with van der Waals surface area (Å²) >= 11 is 0. The minimum absolute atomic E-state index is 0.309. The predicted octanol–water partition coefficient (Wildman–Crippen LogP) is 3.33. The van der Waals surface area contributed by atoms with Crippen molar-refractivity contribution in [3.8, 4) is 6.07 Å². The summed E-state index contributed by atoms with van der Waals surface area (Å²) in [5, 5.41) is 12.6. The molecule has 0 saturated heterocycles. The highest BCUT2D eigenvalue weighted by molar-refractivity contribution is 5.62. The number of nitrogens with one attached hydrogen (secondary N) is 1. The third-order valence-corrected chi connectivity index (χ3v) is 4.41. The Morgan fingerprint density at radius 3 is 2.64 bits per heavy atom. The number of nitrogens with zero attached hydrogens (tertiary/aromatic N) is 3. The highest BCUT2D eigenvalue weighted by Crippen LogP contribution is 2.40. The van der Waals surface area contributed by atoms with E-state index in [9.17, 15) is 5.26 Å². The first-order chi connectivity index (χ1) is 12.0. The second-order valence-electron chi connectivity index (χ2n) is 6.41. The maximum absolute atomic E-state index is 9.62. The van der Waals surface area contributed by atoms with Gasteiger partial charge in [-0.3, -0.25) is 0 Å². The molecule has 2 heterocycles. The molecule has 0 aliphatic carbocycles. The van der Waals surface area contributed by atoms with Crippen LogP contribution in [0.1, 0.15) is 42.8 Å². The monoisotopic (exact) mass is 337 g/mol. The van der Waals surface area contributed by atoms with Crippen LogP contribution in [0.3, 0.4) is 0 Å². The molecule has 6 heteroatoms. The van der Waals surface area contributed by atoms with Gasteiger partial charge < -0.3 is 20.4 Å². The molecule has 0 bridgehead atoms. The number of aryl methyl sites for hydroxylation is 1. The molecule has 1 aliphatic heterocycles. The number of oxazole rings is 1. The van der Waals surface area contributed by atoms with Crippen LogP contribution >= 0.6 is 0 Å². The molecule has 1 aromatic heterocycles. The number of benzene rings is 1. The van der Waals surface area contributed by atoms with E-state index in [0.29, 0.717) is 23.2 Å². The maximum Gasteiger partial charge on any atom is 0.223 e. The lowest BCUT2D eigenvalue weighted by atomic mass is 9.87. The number of nitriles is 1. The van der Waals surface area contributed by atoms with Gasteiger partial charge in [0, 0.05) is 26.2 Å². The molecule has 0 fully saturated rings. The van der Waals surface area contributed by atoms with E-state index in [4.69, 9.17) is 10.2 Å².